The summed E-state index contributed by atoms with van der Waals surface area (Å²) in [6.45, 7) is 4.55. The number of rotatable bonds is 4. The summed E-state index contributed by atoms with van der Waals surface area (Å²) in [6.07, 6.45) is 0.435. The Labute approximate surface area is 157 Å². The Kier molecular flexibility index (Phi) is 4.70. The standard InChI is InChI=1S/C17H22N6O3S/c1-11(19-16-12-5-3-4-6-14(12)27(24,25)22-16)9-15-20-17(21-26-15)13-10-18-7-8-23(13)2/h3-6,11,13,18H,7-10H2,1-2H3,(H,19,22). The number of likely N-dealkylation sites (N-methyl/N-ethyl adjacent to an activating group) is 1. The first-order valence-corrected chi connectivity index (χ1v) is 10.4. The number of piperazine rings is 1. The van der Waals surface area contributed by atoms with Gasteiger partial charge in [-0.25, -0.2) is 8.42 Å². The van der Waals surface area contributed by atoms with Crippen LogP contribution in [0, 0.1) is 0 Å². The van der Waals surface area contributed by atoms with Crippen LogP contribution in [0.4, 0.5) is 0 Å². The third-order valence-corrected chi connectivity index (χ3v) is 6.17. The number of nitrogens with one attached hydrogen (secondary N) is 2. The van der Waals surface area contributed by atoms with Crippen LogP contribution in [-0.2, 0) is 16.4 Å². The Morgan fingerprint density at radius 1 is 1.41 bits per heavy atom. The largest absolute Gasteiger partial charge is 0.339 e. The second kappa shape index (κ2) is 7.02. The molecule has 1 aromatic carbocycles. The molecule has 2 aromatic rings. The SMILES string of the molecule is CC(Cc1nc(C2CNCCN2C)no1)N=C1NS(=O)(=O)c2ccccc21. The topological polar surface area (TPSA) is 113 Å². The predicted octanol–water partition coefficient (Wildman–Crippen LogP) is 0.315. The van der Waals surface area contributed by atoms with E-state index in [2.05, 4.69) is 30.1 Å². The fraction of sp³-hybridized carbons (Fsp3) is 0.471. The maximum absolute atomic E-state index is 12.2. The lowest BCUT2D eigenvalue weighted by molar-refractivity contribution is 0.190. The molecule has 10 heteroatoms. The lowest BCUT2D eigenvalue weighted by Crippen LogP contribution is -2.44. The average Bonchev–Trinajstić information content (AvgIpc) is 3.18. The zero-order valence-electron chi connectivity index (χ0n) is 15.2. The number of aliphatic imine (C=N–C) groups is 1. The fourth-order valence-electron chi connectivity index (χ4n) is 3.33. The number of nitrogens with zero attached hydrogens (tertiary/aromatic N) is 4. The third kappa shape index (κ3) is 3.60. The first kappa shape index (κ1) is 18.1. The van der Waals surface area contributed by atoms with Crippen LogP contribution < -0.4 is 10.0 Å². The van der Waals surface area contributed by atoms with E-state index in [1.165, 1.54) is 0 Å². The van der Waals surface area contributed by atoms with Gasteiger partial charge in [0.15, 0.2) is 5.82 Å². The maximum Gasteiger partial charge on any atom is 0.263 e. The van der Waals surface area contributed by atoms with Gasteiger partial charge in [0.05, 0.1) is 17.0 Å². The van der Waals surface area contributed by atoms with Crippen LogP contribution in [0.5, 0.6) is 0 Å². The maximum atomic E-state index is 12.2. The van der Waals surface area contributed by atoms with Gasteiger partial charge in [-0.1, -0.05) is 17.3 Å². The molecule has 0 aliphatic carbocycles. The van der Waals surface area contributed by atoms with Crippen LogP contribution in [0.25, 0.3) is 0 Å². The van der Waals surface area contributed by atoms with Gasteiger partial charge in [-0.15, -0.1) is 0 Å². The molecule has 0 radical (unpaired) electrons. The van der Waals surface area contributed by atoms with Crippen LogP contribution in [0.2, 0.25) is 0 Å². The average molecular weight is 390 g/mol. The molecule has 27 heavy (non-hydrogen) atoms. The molecule has 2 unspecified atom stereocenters. The molecule has 0 spiro atoms. The molecule has 1 aromatic heterocycles. The summed E-state index contributed by atoms with van der Waals surface area (Å²) in [6, 6.07) is 6.68. The van der Waals surface area contributed by atoms with Gasteiger partial charge in [-0.05, 0) is 26.1 Å². The van der Waals surface area contributed by atoms with Crippen molar-refractivity contribution in [1.82, 2.24) is 25.1 Å². The summed E-state index contributed by atoms with van der Waals surface area (Å²) >= 11 is 0. The number of aromatic nitrogens is 2. The summed E-state index contributed by atoms with van der Waals surface area (Å²) in [5, 5.41) is 7.44. The zero-order valence-corrected chi connectivity index (χ0v) is 16.0. The molecular formula is C17H22N6O3S. The number of hydrogen-bond acceptors (Lipinski definition) is 8. The third-order valence-electron chi connectivity index (χ3n) is 4.78. The molecule has 2 aliphatic rings. The van der Waals surface area contributed by atoms with Crippen molar-refractivity contribution in [3.8, 4) is 0 Å². The first-order valence-electron chi connectivity index (χ1n) is 8.87. The van der Waals surface area contributed by atoms with Crippen molar-refractivity contribution in [3.05, 3.63) is 41.5 Å². The van der Waals surface area contributed by atoms with E-state index in [1.807, 2.05) is 14.0 Å². The van der Waals surface area contributed by atoms with E-state index < -0.39 is 10.0 Å². The number of sulfonamides is 1. The van der Waals surface area contributed by atoms with Crippen LogP contribution in [0.15, 0.2) is 38.7 Å². The lowest BCUT2D eigenvalue weighted by atomic mass is 10.2. The van der Waals surface area contributed by atoms with Crippen molar-refractivity contribution in [2.24, 2.45) is 4.99 Å². The summed E-state index contributed by atoms with van der Waals surface area (Å²) in [5.41, 5.74) is 0.588. The van der Waals surface area contributed by atoms with Crippen molar-refractivity contribution in [2.75, 3.05) is 26.7 Å². The number of hydrogen-bond donors (Lipinski definition) is 2. The molecule has 1 saturated heterocycles. The van der Waals surface area contributed by atoms with Crippen molar-refractivity contribution < 1.29 is 12.9 Å². The van der Waals surface area contributed by atoms with Gasteiger partial charge in [-0.3, -0.25) is 14.6 Å². The minimum atomic E-state index is -3.53. The molecule has 0 saturated carbocycles. The smallest absolute Gasteiger partial charge is 0.263 e. The molecule has 2 aliphatic heterocycles. The molecule has 1 fully saturated rings. The first-order chi connectivity index (χ1) is 12.9. The van der Waals surface area contributed by atoms with E-state index in [4.69, 9.17) is 4.52 Å². The number of fused-ring (bicyclic) bond motifs is 1. The molecule has 9 nitrogen and oxygen atoms in total. The number of benzene rings is 1. The fourth-order valence-corrected chi connectivity index (χ4v) is 4.57. The molecule has 2 atom stereocenters. The summed E-state index contributed by atoms with van der Waals surface area (Å²) in [5.74, 6) is 1.51. The highest BCUT2D eigenvalue weighted by Gasteiger charge is 2.31. The normalized spacial score (nSPS) is 24.5. The lowest BCUT2D eigenvalue weighted by Gasteiger charge is -2.30. The molecule has 4 rings (SSSR count). The summed E-state index contributed by atoms with van der Waals surface area (Å²) < 4.78 is 32.2. The van der Waals surface area contributed by atoms with Crippen LogP contribution >= 0.6 is 0 Å². The van der Waals surface area contributed by atoms with Crippen LogP contribution in [-0.4, -0.2) is 62.0 Å². The Morgan fingerprint density at radius 2 is 2.22 bits per heavy atom. The Bertz CT molecular complexity index is 971. The Morgan fingerprint density at radius 3 is 3.04 bits per heavy atom. The highest BCUT2D eigenvalue weighted by Crippen LogP contribution is 2.23. The van der Waals surface area contributed by atoms with Crippen molar-refractivity contribution in [3.63, 3.8) is 0 Å². The van der Waals surface area contributed by atoms with E-state index >= 15 is 0 Å². The van der Waals surface area contributed by atoms with Crippen molar-refractivity contribution >= 4 is 15.9 Å². The Balaban J connectivity index is 1.49. The van der Waals surface area contributed by atoms with Crippen molar-refractivity contribution in [2.45, 2.75) is 30.3 Å². The summed E-state index contributed by atoms with van der Waals surface area (Å²) in [4.78, 5) is 11.5. The van der Waals surface area contributed by atoms with E-state index in [9.17, 15) is 8.42 Å². The summed E-state index contributed by atoms with van der Waals surface area (Å²) in [7, 11) is -1.49. The van der Waals surface area contributed by atoms with E-state index in [1.54, 1.807) is 24.3 Å². The quantitative estimate of drug-likeness (QED) is 0.773. The van der Waals surface area contributed by atoms with E-state index in [0.29, 0.717) is 29.5 Å². The minimum Gasteiger partial charge on any atom is -0.339 e. The van der Waals surface area contributed by atoms with Gasteiger partial charge in [0, 0.05) is 31.6 Å². The molecule has 0 amide bonds. The molecular weight excluding hydrogens is 368 g/mol. The highest BCUT2D eigenvalue weighted by atomic mass is 32.2. The van der Waals surface area contributed by atoms with E-state index in [0.717, 1.165) is 19.6 Å². The van der Waals surface area contributed by atoms with Crippen LogP contribution in [0.1, 0.15) is 30.2 Å². The van der Waals surface area contributed by atoms with E-state index in [-0.39, 0.29) is 17.0 Å². The van der Waals surface area contributed by atoms with Gasteiger partial charge < -0.3 is 9.84 Å². The molecule has 3 heterocycles. The van der Waals surface area contributed by atoms with Gasteiger partial charge >= 0.3 is 0 Å². The molecule has 144 valence electrons. The number of amidine groups is 1. The second-order valence-corrected chi connectivity index (χ2v) is 8.53. The van der Waals surface area contributed by atoms with Gasteiger partial charge in [0.25, 0.3) is 10.0 Å². The van der Waals surface area contributed by atoms with Gasteiger partial charge in [0.2, 0.25) is 5.89 Å². The molecule has 2 N–H and O–H groups in total. The molecule has 0 bridgehead atoms. The van der Waals surface area contributed by atoms with Crippen LogP contribution in [0.3, 0.4) is 0 Å². The van der Waals surface area contributed by atoms with Gasteiger partial charge in [-0.2, -0.15) is 4.98 Å². The highest BCUT2D eigenvalue weighted by molar-refractivity contribution is 7.90. The minimum absolute atomic E-state index is 0.0892. The van der Waals surface area contributed by atoms with Crippen molar-refractivity contribution in [1.29, 1.82) is 0 Å². The second-order valence-electron chi connectivity index (χ2n) is 6.88. The monoisotopic (exact) mass is 390 g/mol. The Hall–Kier alpha value is -2.30. The van der Waals surface area contributed by atoms with Gasteiger partial charge in [0.1, 0.15) is 5.84 Å². The predicted molar refractivity (Wildman–Crippen MR) is 99.0 cm³/mol. The zero-order chi connectivity index (χ0) is 19.0.